The van der Waals surface area contributed by atoms with E-state index >= 15 is 0 Å². The van der Waals surface area contributed by atoms with Crippen molar-refractivity contribution in [3.8, 4) is 0 Å². The second-order valence-corrected chi connectivity index (χ2v) is 10.2. The first-order valence-electron chi connectivity index (χ1n) is 11.3. The van der Waals surface area contributed by atoms with Crippen LogP contribution in [0.25, 0.3) is 0 Å². The van der Waals surface area contributed by atoms with Crippen LogP contribution in [0.1, 0.15) is 49.3 Å². The molecule has 1 fully saturated rings. The summed E-state index contributed by atoms with van der Waals surface area (Å²) >= 11 is 0. The standard InChI is InChI=1S/C23H34N4O4S/c1-5-26(6-2)15-20-11-9-19(10-12-20)14-24-23(28)21-8-7-13-27(16-21)32(29,30)22-17(3)25-31-18(22)4/h9-12,21H,5-8,13-16H2,1-4H3,(H,24,28). The lowest BCUT2D eigenvalue weighted by Crippen LogP contribution is -2.45. The van der Waals surface area contributed by atoms with Gasteiger partial charge in [0.05, 0.1) is 5.92 Å². The first-order chi connectivity index (χ1) is 15.3. The van der Waals surface area contributed by atoms with Gasteiger partial charge in [-0.05, 0) is 50.9 Å². The minimum atomic E-state index is -3.74. The van der Waals surface area contributed by atoms with Crippen LogP contribution in [0, 0.1) is 19.8 Å². The Morgan fingerprint density at radius 1 is 1.19 bits per heavy atom. The number of benzene rings is 1. The van der Waals surface area contributed by atoms with Crippen LogP contribution in [0.4, 0.5) is 0 Å². The zero-order chi connectivity index (χ0) is 23.3. The highest BCUT2D eigenvalue weighted by atomic mass is 32.2. The van der Waals surface area contributed by atoms with E-state index in [1.54, 1.807) is 13.8 Å². The molecule has 1 aliphatic heterocycles. The molecule has 2 aromatic rings. The van der Waals surface area contributed by atoms with E-state index in [1.165, 1.54) is 9.87 Å². The molecule has 0 spiro atoms. The maximum absolute atomic E-state index is 13.1. The van der Waals surface area contributed by atoms with E-state index in [-0.39, 0.29) is 29.0 Å². The molecular weight excluding hydrogens is 428 g/mol. The van der Waals surface area contributed by atoms with Crippen molar-refractivity contribution in [1.29, 1.82) is 0 Å². The Balaban J connectivity index is 1.58. The van der Waals surface area contributed by atoms with Crippen LogP contribution in [0.5, 0.6) is 0 Å². The van der Waals surface area contributed by atoms with Gasteiger partial charge in [-0.15, -0.1) is 0 Å². The summed E-state index contributed by atoms with van der Waals surface area (Å²) in [6, 6.07) is 8.26. The second kappa shape index (κ2) is 10.6. The zero-order valence-electron chi connectivity index (χ0n) is 19.4. The molecule has 1 aromatic carbocycles. The molecule has 1 unspecified atom stereocenters. The van der Waals surface area contributed by atoms with Crippen molar-refractivity contribution in [3.63, 3.8) is 0 Å². The first kappa shape index (κ1) is 24.4. The van der Waals surface area contributed by atoms with Crippen LogP contribution in [-0.2, 0) is 27.9 Å². The number of hydrogen-bond acceptors (Lipinski definition) is 6. The molecule has 2 heterocycles. The largest absolute Gasteiger partial charge is 0.360 e. The molecule has 32 heavy (non-hydrogen) atoms. The average Bonchev–Trinajstić information content (AvgIpc) is 3.15. The first-order valence-corrected chi connectivity index (χ1v) is 12.7. The van der Waals surface area contributed by atoms with E-state index in [1.807, 2.05) is 12.1 Å². The third kappa shape index (κ3) is 5.57. The van der Waals surface area contributed by atoms with Gasteiger partial charge in [-0.3, -0.25) is 9.69 Å². The van der Waals surface area contributed by atoms with Crippen LogP contribution < -0.4 is 5.32 Å². The Bertz CT molecular complexity index is 994. The molecule has 0 saturated carbocycles. The molecule has 1 N–H and O–H groups in total. The number of hydrogen-bond donors (Lipinski definition) is 1. The Hall–Kier alpha value is -2.23. The summed E-state index contributed by atoms with van der Waals surface area (Å²) in [5.74, 6) is -0.213. The summed E-state index contributed by atoms with van der Waals surface area (Å²) in [7, 11) is -3.74. The minimum Gasteiger partial charge on any atom is -0.360 e. The monoisotopic (exact) mass is 462 g/mol. The van der Waals surface area contributed by atoms with Gasteiger partial charge in [0.25, 0.3) is 0 Å². The van der Waals surface area contributed by atoms with E-state index in [2.05, 4.69) is 41.4 Å². The van der Waals surface area contributed by atoms with Gasteiger partial charge in [-0.1, -0.05) is 43.3 Å². The van der Waals surface area contributed by atoms with E-state index in [4.69, 9.17) is 4.52 Å². The van der Waals surface area contributed by atoms with Crippen LogP contribution in [0.15, 0.2) is 33.7 Å². The summed E-state index contributed by atoms with van der Waals surface area (Å²) < 4.78 is 32.6. The number of carbonyl (C=O) groups is 1. The van der Waals surface area contributed by atoms with Crippen molar-refractivity contribution in [1.82, 2.24) is 19.7 Å². The normalized spacial score (nSPS) is 17.6. The third-order valence-corrected chi connectivity index (χ3v) is 8.22. The average molecular weight is 463 g/mol. The lowest BCUT2D eigenvalue weighted by Gasteiger charge is -2.31. The number of aryl methyl sites for hydroxylation is 2. The number of carbonyl (C=O) groups excluding carboxylic acids is 1. The topological polar surface area (TPSA) is 95.8 Å². The van der Waals surface area contributed by atoms with E-state index in [0.29, 0.717) is 31.6 Å². The number of rotatable bonds is 9. The van der Waals surface area contributed by atoms with Crippen LogP contribution >= 0.6 is 0 Å². The highest BCUT2D eigenvalue weighted by Gasteiger charge is 2.36. The van der Waals surface area contributed by atoms with Crippen molar-refractivity contribution in [2.24, 2.45) is 5.92 Å². The van der Waals surface area contributed by atoms with Gasteiger partial charge >= 0.3 is 0 Å². The molecule has 8 nitrogen and oxygen atoms in total. The lowest BCUT2D eigenvalue weighted by molar-refractivity contribution is -0.126. The maximum Gasteiger partial charge on any atom is 0.248 e. The molecule has 1 amide bonds. The van der Waals surface area contributed by atoms with Gasteiger partial charge in [-0.2, -0.15) is 4.31 Å². The summed E-state index contributed by atoms with van der Waals surface area (Å²) in [5.41, 5.74) is 2.62. The molecule has 0 aliphatic carbocycles. The third-order valence-electron chi connectivity index (χ3n) is 6.11. The number of aromatic nitrogens is 1. The molecule has 176 valence electrons. The molecule has 1 aromatic heterocycles. The highest BCUT2D eigenvalue weighted by molar-refractivity contribution is 7.89. The Kier molecular flexibility index (Phi) is 8.08. The fraction of sp³-hybridized carbons (Fsp3) is 0.565. The fourth-order valence-electron chi connectivity index (χ4n) is 4.15. The molecule has 1 aliphatic rings. The van der Waals surface area contributed by atoms with Crippen LogP contribution in [0.3, 0.4) is 0 Å². The summed E-state index contributed by atoms with van der Waals surface area (Å²) in [6.07, 6.45) is 1.31. The summed E-state index contributed by atoms with van der Waals surface area (Å²) in [6.45, 7) is 11.4. The van der Waals surface area contributed by atoms with E-state index in [9.17, 15) is 13.2 Å². The van der Waals surface area contributed by atoms with Crippen molar-refractivity contribution < 1.29 is 17.7 Å². The van der Waals surface area contributed by atoms with Crippen LogP contribution in [0.2, 0.25) is 0 Å². The number of nitrogens with zero attached hydrogens (tertiary/aromatic N) is 3. The van der Waals surface area contributed by atoms with Crippen LogP contribution in [-0.4, -0.2) is 54.9 Å². The Morgan fingerprint density at radius 2 is 1.84 bits per heavy atom. The van der Waals surface area contributed by atoms with E-state index < -0.39 is 10.0 Å². The number of sulfonamides is 1. The smallest absolute Gasteiger partial charge is 0.248 e. The molecule has 3 rings (SSSR count). The molecule has 0 bridgehead atoms. The highest BCUT2D eigenvalue weighted by Crippen LogP contribution is 2.27. The number of nitrogens with one attached hydrogen (secondary N) is 1. The van der Waals surface area contributed by atoms with Gasteiger partial charge in [0.1, 0.15) is 10.6 Å². The predicted octanol–water partition coefficient (Wildman–Crippen LogP) is 2.85. The van der Waals surface area contributed by atoms with Crippen molar-refractivity contribution >= 4 is 15.9 Å². The molecule has 1 saturated heterocycles. The van der Waals surface area contributed by atoms with Crippen molar-refractivity contribution in [2.45, 2.75) is 58.5 Å². The quantitative estimate of drug-likeness (QED) is 0.616. The summed E-state index contributed by atoms with van der Waals surface area (Å²) in [4.78, 5) is 15.2. The minimum absolute atomic E-state index is 0.114. The Labute approximate surface area is 191 Å². The molecular formula is C23H34N4O4S. The number of amides is 1. The SMILES string of the molecule is CCN(CC)Cc1ccc(CNC(=O)C2CCCN(S(=O)(=O)c3c(C)noc3C)C2)cc1. The summed E-state index contributed by atoms with van der Waals surface area (Å²) in [5, 5.41) is 6.74. The molecule has 9 heteroatoms. The van der Waals surface area contributed by atoms with Gasteiger partial charge in [0.2, 0.25) is 15.9 Å². The maximum atomic E-state index is 13.1. The second-order valence-electron chi connectivity index (χ2n) is 8.35. The zero-order valence-corrected chi connectivity index (χ0v) is 20.2. The lowest BCUT2D eigenvalue weighted by atomic mass is 9.98. The Morgan fingerprint density at radius 3 is 2.44 bits per heavy atom. The fourth-order valence-corrected chi connectivity index (χ4v) is 5.96. The predicted molar refractivity (Wildman–Crippen MR) is 122 cm³/mol. The van der Waals surface area contributed by atoms with Gasteiger partial charge < -0.3 is 9.84 Å². The molecule has 0 radical (unpaired) electrons. The van der Waals surface area contributed by atoms with Crippen molar-refractivity contribution in [3.05, 3.63) is 46.8 Å². The van der Waals surface area contributed by atoms with Gasteiger partial charge in [-0.25, -0.2) is 8.42 Å². The van der Waals surface area contributed by atoms with Crippen molar-refractivity contribution in [2.75, 3.05) is 26.2 Å². The van der Waals surface area contributed by atoms with Gasteiger partial charge in [0.15, 0.2) is 5.76 Å². The number of piperidine rings is 1. The van der Waals surface area contributed by atoms with Gasteiger partial charge in [0, 0.05) is 26.2 Å². The molecule has 1 atom stereocenters. The van der Waals surface area contributed by atoms with E-state index in [0.717, 1.165) is 25.2 Å².